The van der Waals surface area contributed by atoms with Crippen LogP contribution in [-0.2, 0) is 16.6 Å². The highest BCUT2D eigenvalue weighted by Crippen LogP contribution is 2.30. The van der Waals surface area contributed by atoms with Crippen molar-refractivity contribution in [1.29, 1.82) is 0 Å². The number of hydrogen-bond donors (Lipinski definition) is 1. The molecule has 0 radical (unpaired) electrons. The van der Waals surface area contributed by atoms with Crippen molar-refractivity contribution in [2.45, 2.75) is 58.5 Å². The Morgan fingerprint density at radius 3 is 2.50 bits per heavy atom. The Kier molecular flexibility index (Phi) is 6.64. The average Bonchev–Trinajstić information content (AvgIpc) is 2.74. The van der Waals surface area contributed by atoms with Crippen molar-refractivity contribution in [3.63, 3.8) is 0 Å². The van der Waals surface area contributed by atoms with E-state index in [4.69, 9.17) is 0 Å². The molecule has 0 saturated carbocycles. The van der Waals surface area contributed by atoms with E-state index in [0.717, 1.165) is 23.4 Å². The van der Waals surface area contributed by atoms with Gasteiger partial charge in [0.05, 0.1) is 0 Å². The lowest BCUT2D eigenvalue weighted by atomic mass is 10.3. The highest BCUT2D eigenvalue weighted by Gasteiger charge is 2.30. The maximum absolute atomic E-state index is 12.9. The Balaban J connectivity index is 3.22. The SMILES string of the molecule is CCCN(C(C)C)S(=O)(=O)c1c(C)csc1CNCC. The van der Waals surface area contributed by atoms with Crippen molar-refractivity contribution >= 4 is 21.4 Å². The summed E-state index contributed by atoms with van der Waals surface area (Å²) in [6.07, 6.45) is 0.823. The predicted octanol–water partition coefficient (Wildman–Crippen LogP) is 2.98. The van der Waals surface area contributed by atoms with E-state index in [1.807, 2.05) is 40.0 Å². The van der Waals surface area contributed by atoms with Crippen molar-refractivity contribution in [1.82, 2.24) is 9.62 Å². The summed E-state index contributed by atoms with van der Waals surface area (Å²) in [6, 6.07) is -0.0220. The summed E-state index contributed by atoms with van der Waals surface area (Å²) in [5, 5.41) is 5.15. The molecule has 0 unspecified atom stereocenters. The first kappa shape index (κ1) is 17.6. The van der Waals surface area contributed by atoms with Crippen LogP contribution in [0.4, 0.5) is 0 Å². The molecule has 116 valence electrons. The van der Waals surface area contributed by atoms with Gasteiger partial charge in [-0.3, -0.25) is 0 Å². The summed E-state index contributed by atoms with van der Waals surface area (Å²) in [6.45, 7) is 11.8. The van der Waals surface area contributed by atoms with Crippen LogP contribution >= 0.6 is 11.3 Å². The molecular formula is C14H26N2O2S2. The van der Waals surface area contributed by atoms with Gasteiger partial charge in [-0.15, -0.1) is 11.3 Å². The number of thiophene rings is 1. The van der Waals surface area contributed by atoms with Crippen molar-refractivity contribution in [2.75, 3.05) is 13.1 Å². The molecule has 0 aliphatic heterocycles. The zero-order valence-corrected chi connectivity index (χ0v) is 14.7. The molecule has 4 nitrogen and oxygen atoms in total. The summed E-state index contributed by atoms with van der Waals surface area (Å²) in [5.74, 6) is 0. The molecule has 0 spiro atoms. The third-order valence-electron chi connectivity index (χ3n) is 3.11. The first-order valence-corrected chi connectivity index (χ1v) is 9.47. The molecule has 1 aromatic heterocycles. The highest BCUT2D eigenvalue weighted by molar-refractivity contribution is 7.89. The van der Waals surface area contributed by atoms with Gasteiger partial charge in [-0.2, -0.15) is 4.31 Å². The summed E-state index contributed by atoms with van der Waals surface area (Å²) in [5.41, 5.74) is 0.852. The van der Waals surface area contributed by atoms with Gasteiger partial charge in [0.1, 0.15) is 4.90 Å². The van der Waals surface area contributed by atoms with Gasteiger partial charge >= 0.3 is 0 Å². The minimum absolute atomic E-state index is 0.0220. The van der Waals surface area contributed by atoms with Gasteiger partial charge in [-0.05, 0) is 44.7 Å². The molecule has 0 saturated heterocycles. The number of nitrogens with one attached hydrogen (secondary N) is 1. The summed E-state index contributed by atoms with van der Waals surface area (Å²) < 4.78 is 27.5. The van der Waals surface area contributed by atoms with Crippen LogP contribution in [0.1, 0.15) is 44.6 Å². The van der Waals surface area contributed by atoms with E-state index < -0.39 is 10.0 Å². The second kappa shape index (κ2) is 7.54. The fourth-order valence-corrected chi connectivity index (χ4v) is 5.65. The third-order valence-corrected chi connectivity index (χ3v) is 6.65. The van der Waals surface area contributed by atoms with E-state index >= 15 is 0 Å². The van der Waals surface area contributed by atoms with Crippen LogP contribution in [0.5, 0.6) is 0 Å². The van der Waals surface area contributed by atoms with Crippen LogP contribution in [0.3, 0.4) is 0 Å². The van der Waals surface area contributed by atoms with Crippen LogP contribution in [0.25, 0.3) is 0 Å². The summed E-state index contributed by atoms with van der Waals surface area (Å²) >= 11 is 1.52. The molecule has 0 fully saturated rings. The van der Waals surface area contributed by atoms with E-state index in [1.54, 1.807) is 4.31 Å². The standard InChI is InChI=1S/C14H26N2O2S2/c1-6-8-16(11(3)4)20(17,18)14-12(5)10-19-13(14)9-15-7-2/h10-11,15H,6-9H2,1-5H3. The molecule has 0 atom stereocenters. The Hall–Kier alpha value is -0.430. The average molecular weight is 319 g/mol. The van der Waals surface area contributed by atoms with E-state index in [0.29, 0.717) is 18.0 Å². The van der Waals surface area contributed by atoms with E-state index in [9.17, 15) is 8.42 Å². The number of nitrogens with zero attached hydrogens (tertiary/aromatic N) is 1. The van der Waals surface area contributed by atoms with Gasteiger partial charge in [0.2, 0.25) is 10.0 Å². The van der Waals surface area contributed by atoms with E-state index in [1.165, 1.54) is 11.3 Å². The molecule has 0 aliphatic rings. The van der Waals surface area contributed by atoms with Crippen LogP contribution in [-0.4, -0.2) is 31.9 Å². The van der Waals surface area contributed by atoms with Gasteiger partial charge < -0.3 is 5.32 Å². The van der Waals surface area contributed by atoms with Crippen molar-refractivity contribution in [2.24, 2.45) is 0 Å². The van der Waals surface area contributed by atoms with Gasteiger partial charge in [0.25, 0.3) is 0 Å². The smallest absolute Gasteiger partial charge is 0.244 e. The van der Waals surface area contributed by atoms with Crippen LogP contribution < -0.4 is 5.32 Å². The lowest BCUT2D eigenvalue weighted by Gasteiger charge is -2.26. The number of hydrogen-bond acceptors (Lipinski definition) is 4. The summed E-state index contributed by atoms with van der Waals surface area (Å²) in [4.78, 5) is 1.41. The Bertz CT molecular complexity index is 521. The topological polar surface area (TPSA) is 49.4 Å². The Morgan fingerprint density at radius 2 is 2.00 bits per heavy atom. The summed E-state index contributed by atoms with van der Waals surface area (Å²) in [7, 11) is -3.41. The molecule has 0 aromatic carbocycles. The quantitative estimate of drug-likeness (QED) is 0.801. The Labute approximate surface area is 127 Å². The molecule has 1 rings (SSSR count). The molecule has 0 amide bonds. The molecular weight excluding hydrogens is 292 g/mol. The predicted molar refractivity (Wildman–Crippen MR) is 85.8 cm³/mol. The first-order valence-electron chi connectivity index (χ1n) is 7.15. The normalized spacial score (nSPS) is 12.6. The molecule has 20 heavy (non-hydrogen) atoms. The molecule has 0 aliphatic carbocycles. The largest absolute Gasteiger partial charge is 0.312 e. The third kappa shape index (κ3) is 3.81. The molecule has 0 bridgehead atoms. The Morgan fingerprint density at radius 1 is 1.35 bits per heavy atom. The fraction of sp³-hybridized carbons (Fsp3) is 0.714. The molecule has 6 heteroatoms. The highest BCUT2D eigenvalue weighted by atomic mass is 32.2. The van der Waals surface area contributed by atoms with E-state index in [2.05, 4.69) is 5.32 Å². The number of sulfonamides is 1. The molecule has 1 aromatic rings. The lowest BCUT2D eigenvalue weighted by molar-refractivity contribution is 0.353. The van der Waals surface area contributed by atoms with Crippen LogP contribution in [0, 0.1) is 6.92 Å². The second-order valence-corrected chi connectivity index (χ2v) is 7.95. The minimum Gasteiger partial charge on any atom is -0.312 e. The number of aryl methyl sites for hydroxylation is 1. The van der Waals surface area contributed by atoms with Crippen molar-refractivity contribution in [3.8, 4) is 0 Å². The monoisotopic (exact) mass is 318 g/mol. The van der Waals surface area contributed by atoms with Crippen molar-refractivity contribution < 1.29 is 8.42 Å². The molecule has 1 heterocycles. The zero-order chi connectivity index (χ0) is 15.3. The van der Waals surface area contributed by atoms with Gasteiger partial charge in [0.15, 0.2) is 0 Å². The van der Waals surface area contributed by atoms with Crippen LogP contribution in [0.2, 0.25) is 0 Å². The van der Waals surface area contributed by atoms with Gasteiger partial charge in [-0.25, -0.2) is 8.42 Å². The zero-order valence-electron chi connectivity index (χ0n) is 13.1. The fourth-order valence-electron chi connectivity index (χ4n) is 2.19. The second-order valence-electron chi connectivity index (χ2n) is 5.16. The van der Waals surface area contributed by atoms with Crippen LogP contribution in [0.15, 0.2) is 10.3 Å². The maximum Gasteiger partial charge on any atom is 0.244 e. The first-order chi connectivity index (χ1) is 9.36. The minimum atomic E-state index is -3.41. The maximum atomic E-state index is 12.9. The van der Waals surface area contributed by atoms with Gasteiger partial charge in [0, 0.05) is 24.0 Å². The van der Waals surface area contributed by atoms with Gasteiger partial charge in [-0.1, -0.05) is 13.8 Å². The molecule has 1 N–H and O–H groups in total. The van der Waals surface area contributed by atoms with Crippen molar-refractivity contribution in [3.05, 3.63) is 15.8 Å². The number of rotatable bonds is 8. The van der Waals surface area contributed by atoms with E-state index in [-0.39, 0.29) is 6.04 Å². The lowest BCUT2D eigenvalue weighted by Crippen LogP contribution is -2.38.